The van der Waals surface area contributed by atoms with Crippen LogP contribution in [0.15, 0.2) is 30.3 Å². The third kappa shape index (κ3) is 3.91. The van der Waals surface area contributed by atoms with Crippen LogP contribution >= 0.6 is 18.2 Å². The molecule has 2 atom stereocenters. The molecule has 1 heterocycles. The monoisotopic (exact) mass is 292 g/mol. The highest BCUT2D eigenvalue weighted by molar-refractivity contribution is 7.81. The number of carbonyl (C=O) groups excluding carboxylic acids is 1. The van der Waals surface area contributed by atoms with Gasteiger partial charge in [-0.1, -0.05) is 18.2 Å². The lowest BCUT2D eigenvalue weighted by Crippen LogP contribution is -2.17. The van der Waals surface area contributed by atoms with Gasteiger partial charge in [-0.15, -0.1) is 0 Å². The van der Waals surface area contributed by atoms with E-state index in [2.05, 4.69) is 9.47 Å². The summed E-state index contributed by atoms with van der Waals surface area (Å²) in [4.78, 5) is 10.6. The Hall–Kier alpha value is -1.23. The zero-order valence-corrected chi connectivity index (χ0v) is 10.8. The molecule has 1 aromatic rings. The van der Waals surface area contributed by atoms with Crippen LogP contribution in [0, 0.1) is 0 Å². The minimum atomic E-state index is -3.76. The molecule has 1 saturated heterocycles. The standard InChI is InChI=1S/C10H10ClO6P/c11-18(13,17-8-4-2-1-3-5-8)15-7-9-6-14-10(12)16-9/h1-5,9H,6-7H2. The van der Waals surface area contributed by atoms with Crippen LogP contribution in [0.25, 0.3) is 0 Å². The Balaban J connectivity index is 1.84. The number of rotatable bonds is 5. The number of halogens is 1. The summed E-state index contributed by atoms with van der Waals surface area (Å²) in [5.74, 6) is 0.329. The van der Waals surface area contributed by atoms with E-state index in [4.69, 9.17) is 20.3 Å². The molecule has 98 valence electrons. The van der Waals surface area contributed by atoms with E-state index >= 15 is 0 Å². The topological polar surface area (TPSA) is 71.1 Å². The number of para-hydroxylation sites is 1. The van der Waals surface area contributed by atoms with Crippen LogP contribution in [0.1, 0.15) is 0 Å². The van der Waals surface area contributed by atoms with Crippen molar-refractivity contribution in [1.29, 1.82) is 0 Å². The largest absolute Gasteiger partial charge is 0.508 e. The van der Waals surface area contributed by atoms with Crippen LogP contribution < -0.4 is 4.52 Å². The van der Waals surface area contributed by atoms with Crippen LogP contribution in [-0.2, 0) is 18.6 Å². The Bertz CT molecular complexity index is 465. The predicted molar refractivity (Wildman–Crippen MR) is 62.7 cm³/mol. The lowest BCUT2D eigenvalue weighted by atomic mass is 10.3. The lowest BCUT2D eigenvalue weighted by Gasteiger charge is -2.14. The average Bonchev–Trinajstić information content (AvgIpc) is 2.74. The smallest absolute Gasteiger partial charge is 0.430 e. The molecular formula is C10H10ClO6P. The molecular weight excluding hydrogens is 283 g/mol. The van der Waals surface area contributed by atoms with E-state index in [1.165, 1.54) is 0 Å². The first-order valence-corrected chi connectivity index (χ1v) is 7.52. The van der Waals surface area contributed by atoms with Crippen molar-refractivity contribution in [3.8, 4) is 5.75 Å². The van der Waals surface area contributed by atoms with Crippen LogP contribution in [-0.4, -0.2) is 25.5 Å². The molecule has 2 unspecified atom stereocenters. The first-order valence-electron chi connectivity index (χ1n) is 5.07. The van der Waals surface area contributed by atoms with Crippen LogP contribution in [0.4, 0.5) is 4.79 Å². The van der Waals surface area contributed by atoms with E-state index in [1.807, 2.05) is 0 Å². The molecule has 0 bridgehead atoms. The maximum atomic E-state index is 11.8. The molecule has 0 N–H and O–H groups in total. The summed E-state index contributed by atoms with van der Waals surface area (Å²) in [5, 5.41) is 0. The van der Waals surface area contributed by atoms with Crippen LogP contribution in [0.2, 0.25) is 0 Å². The van der Waals surface area contributed by atoms with Gasteiger partial charge in [0.1, 0.15) is 12.4 Å². The molecule has 0 saturated carbocycles. The maximum absolute atomic E-state index is 11.8. The third-order valence-electron chi connectivity index (χ3n) is 2.02. The van der Waals surface area contributed by atoms with Crippen molar-refractivity contribution in [2.75, 3.05) is 13.2 Å². The van der Waals surface area contributed by atoms with E-state index in [9.17, 15) is 9.36 Å². The highest BCUT2D eigenvalue weighted by atomic mass is 35.7. The SMILES string of the molecule is O=C1OCC(COP(=O)(Cl)Oc2ccccc2)O1. The Morgan fingerprint density at radius 1 is 1.39 bits per heavy atom. The molecule has 0 aromatic heterocycles. The fourth-order valence-electron chi connectivity index (χ4n) is 1.25. The van der Waals surface area contributed by atoms with E-state index in [-0.39, 0.29) is 13.2 Å². The minimum absolute atomic E-state index is 0.0427. The average molecular weight is 293 g/mol. The third-order valence-corrected chi connectivity index (χ3v) is 3.41. The molecule has 0 radical (unpaired) electrons. The second kappa shape index (κ2) is 5.61. The first kappa shape index (κ1) is 13.2. The Morgan fingerprint density at radius 3 is 2.72 bits per heavy atom. The summed E-state index contributed by atoms with van der Waals surface area (Å²) in [7, 11) is 0. The second-order valence-electron chi connectivity index (χ2n) is 3.43. The van der Waals surface area contributed by atoms with Gasteiger partial charge in [-0.3, -0.25) is 4.52 Å². The molecule has 2 rings (SSSR count). The molecule has 1 aliphatic heterocycles. The molecule has 0 aliphatic carbocycles. The highest BCUT2D eigenvalue weighted by Crippen LogP contribution is 2.53. The summed E-state index contributed by atoms with van der Waals surface area (Å²) >= 11 is 5.62. The summed E-state index contributed by atoms with van der Waals surface area (Å²) in [6, 6.07) is 8.38. The highest BCUT2D eigenvalue weighted by Gasteiger charge is 2.30. The number of cyclic esters (lactones) is 2. The second-order valence-corrected chi connectivity index (χ2v) is 5.98. The van der Waals surface area contributed by atoms with Gasteiger partial charge >= 0.3 is 13.1 Å². The predicted octanol–water partition coefficient (Wildman–Crippen LogP) is 2.96. The zero-order valence-electron chi connectivity index (χ0n) is 9.15. The molecule has 0 amide bonds. The summed E-state index contributed by atoms with van der Waals surface area (Å²) in [5.41, 5.74) is 0. The van der Waals surface area contributed by atoms with Gasteiger partial charge in [0.05, 0.1) is 6.61 Å². The Morgan fingerprint density at radius 2 is 2.11 bits per heavy atom. The van der Waals surface area contributed by atoms with Crippen molar-refractivity contribution in [1.82, 2.24) is 0 Å². The molecule has 1 aromatic carbocycles. The molecule has 8 heteroatoms. The number of carbonyl (C=O) groups is 1. The quantitative estimate of drug-likeness (QED) is 0.614. The van der Waals surface area contributed by atoms with E-state index in [1.54, 1.807) is 30.3 Å². The van der Waals surface area contributed by atoms with Crippen molar-refractivity contribution >= 4 is 24.3 Å². The van der Waals surface area contributed by atoms with Crippen LogP contribution in [0.3, 0.4) is 0 Å². The van der Waals surface area contributed by atoms with Crippen molar-refractivity contribution < 1.29 is 27.9 Å². The number of hydrogen-bond donors (Lipinski definition) is 0. The van der Waals surface area contributed by atoms with Gasteiger partial charge in [0.25, 0.3) is 0 Å². The van der Waals surface area contributed by atoms with Crippen molar-refractivity contribution in [2.45, 2.75) is 6.10 Å². The maximum Gasteiger partial charge on any atom is 0.508 e. The molecule has 6 nitrogen and oxygen atoms in total. The molecule has 1 fully saturated rings. The van der Waals surface area contributed by atoms with Gasteiger partial charge < -0.3 is 14.0 Å². The Labute approximate surface area is 108 Å². The number of ether oxygens (including phenoxy) is 2. The first-order chi connectivity index (χ1) is 8.55. The van der Waals surface area contributed by atoms with Gasteiger partial charge in [-0.25, -0.2) is 9.36 Å². The van der Waals surface area contributed by atoms with Gasteiger partial charge in [-0.05, 0) is 12.1 Å². The van der Waals surface area contributed by atoms with Gasteiger partial charge in [0.15, 0.2) is 6.10 Å². The molecule has 1 aliphatic rings. The van der Waals surface area contributed by atoms with Gasteiger partial charge in [0.2, 0.25) is 0 Å². The summed E-state index contributed by atoms with van der Waals surface area (Å²) in [6.45, 7) is -3.87. The molecule has 18 heavy (non-hydrogen) atoms. The normalized spacial score (nSPS) is 21.8. The van der Waals surface area contributed by atoms with Crippen LogP contribution in [0.5, 0.6) is 5.75 Å². The zero-order chi connectivity index (χ0) is 13.0. The van der Waals surface area contributed by atoms with E-state index in [0.29, 0.717) is 5.75 Å². The Kier molecular flexibility index (Phi) is 4.11. The summed E-state index contributed by atoms with van der Waals surface area (Å²) in [6.07, 6.45) is -1.40. The van der Waals surface area contributed by atoms with Crippen molar-refractivity contribution in [3.05, 3.63) is 30.3 Å². The minimum Gasteiger partial charge on any atom is -0.430 e. The fraction of sp³-hybridized carbons (Fsp3) is 0.300. The molecule has 0 spiro atoms. The number of hydrogen-bond acceptors (Lipinski definition) is 6. The fourth-order valence-corrected chi connectivity index (χ4v) is 2.43. The number of benzene rings is 1. The van der Waals surface area contributed by atoms with E-state index in [0.717, 1.165) is 0 Å². The van der Waals surface area contributed by atoms with Crippen molar-refractivity contribution in [3.63, 3.8) is 0 Å². The van der Waals surface area contributed by atoms with Crippen molar-refractivity contribution in [2.24, 2.45) is 0 Å². The van der Waals surface area contributed by atoms with Gasteiger partial charge in [0, 0.05) is 11.2 Å². The lowest BCUT2D eigenvalue weighted by molar-refractivity contribution is 0.0965. The van der Waals surface area contributed by atoms with Gasteiger partial charge in [-0.2, -0.15) is 0 Å². The van der Waals surface area contributed by atoms with E-state index < -0.39 is 19.2 Å². The summed E-state index contributed by atoms with van der Waals surface area (Å²) < 4.78 is 30.9.